The molecule has 0 N–H and O–H groups in total. The lowest BCUT2D eigenvalue weighted by Crippen LogP contribution is -2.35. The van der Waals surface area contributed by atoms with Crippen LogP contribution in [0.1, 0.15) is 44.2 Å². The Morgan fingerprint density at radius 3 is 2.86 bits per heavy atom. The number of nitrogens with zero attached hydrogens (tertiary/aromatic N) is 1. The Morgan fingerprint density at radius 2 is 2.19 bits per heavy atom. The Kier molecular flexibility index (Phi) is 3.66. The third kappa shape index (κ3) is 3.05. The van der Waals surface area contributed by atoms with Crippen LogP contribution < -0.4 is 4.90 Å². The maximum atomic E-state index is 12.2. The van der Waals surface area contributed by atoms with E-state index in [1.54, 1.807) is 4.90 Å². The number of hydrogen-bond acceptors (Lipinski definition) is 3. The quantitative estimate of drug-likeness (QED) is 0.794. The second-order valence-electron chi connectivity index (χ2n) is 6.83. The van der Waals surface area contributed by atoms with Gasteiger partial charge >= 0.3 is 6.09 Å². The molecule has 114 valence electrons. The summed E-state index contributed by atoms with van der Waals surface area (Å²) in [5, 5.41) is 0. The van der Waals surface area contributed by atoms with Gasteiger partial charge in [-0.25, -0.2) is 4.79 Å². The molecule has 4 heteroatoms. The van der Waals surface area contributed by atoms with E-state index >= 15 is 0 Å². The van der Waals surface area contributed by atoms with Crippen molar-refractivity contribution in [1.82, 2.24) is 0 Å². The summed E-state index contributed by atoms with van der Waals surface area (Å²) in [4.78, 5) is 14.0. The number of anilines is 1. The van der Waals surface area contributed by atoms with Crippen LogP contribution in [0.4, 0.5) is 10.5 Å². The maximum absolute atomic E-state index is 12.2. The van der Waals surface area contributed by atoms with Crippen LogP contribution in [-0.4, -0.2) is 31.5 Å². The standard InChI is InChI=1S/C17H23NO3/c1-17(2,3)21-16(19)18-8-6-13-10-12(4-5-15(13)18)14-7-9-20-11-14/h4-5,10,14H,6-9,11H2,1-3H3. The Labute approximate surface area is 126 Å². The zero-order chi connectivity index (χ0) is 15.0. The molecule has 1 fully saturated rings. The van der Waals surface area contributed by atoms with Crippen molar-refractivity contribution in [2.75, 3.05) is 24.7 Å². The van der Waals surface area contributed by atoms with E-state index in [2.05, 4.69) is 18.2 Å². The molecule has 1 aromatic carbocycles. The first kappa shape index (κ1) is 14.4. The van der Waals surface area contributed by atoms with Crippen molar-refractivity contribution in [3.8, 4) is 0 Å². The van der Waals surface area contributed by atoms with Gasteiger partial charge in [-0.1, -0.05) is 12.1 Å². The van der Waals surface area contributed by atoms with E-state index < -0.39 is 5.60 Å². The molecule has 4 nitrogen and oxygen atoms in total. The van der Waals surface area contributed by atoms with Gasteiger partial charge < -0.3 is 9.47 Å². The third-order valence-corrected chi connectivity index (χ3v) is 4.01. The molecule has 1 amide bonds. The molecule has 0 spiro atoms. The molecule has 0 aliphatic carbocycles. The van der Waals surface area contributed by atoms with E-state index in [9.17, 15) is 4.79 Å². The highest BCUT2D eigenvalue weighted by Crippen LogP contribution is 2.34. The molecule has 1 aromatic rings. The highest BCUT2D eigenvalue weighted by Gasteiger charge is 2.29. The van der Waals surface area contributed by atoms with E-state index in [4.69, 9.17) is 9.47 Å². The van der Waals surface area contributed by atoms with Gasteiger partial charge in [0.25, 0.3) is 0 Å². The Bertz CT molecular complexity index is 541. The summed E-state index contributed by atoms with van der Waals surface area (Å²) >= 11 is 0. The summed E-state index contributed by atoms with van der Waals surface area (Å²) in [7, 11) is 0. The first-order chi connectivity index (χ1) is 9.94. The van der Waals surface area contributed by atoms with Gasteiger partial charge in [0, 0.05) is 19.1 Å². The number of carbonyl (C=O) groups excluding carboxylic acids is 1. The lowest BCUT2D eigenvalue weighted by atomic mass is 9.96. The van der Waals surface area contributed by atoms with Crippen LogP contribution in [0.3, 0.4) is 0 Å². The van der Waals surface area contributed by atoms with Gasteiger partial charge in [0.15, 0.2) is 0 Å². The van der Waals surface area contributed by atoms with Gasteiger partial charge in [-0.2, -0.15) is 0 Å². The second-order valence-corrected chi connectivity index (χ2v) is 6.83. The number of amides is 1. The molecule has 0 saturated carbocycles. The zero-order valence-corrected chi connectivity index (χ0v) is 13.0. The highest BCUT2D eigenvalue weighted by molar-refractivity contribution is 5.90. The van der Waals surface area contributed by atoms with Crippen LogP contribution in [0.2, 0.25) is 0 Å². The summed E-state index contributed by atoms with van der Waals surface area (Å²) in [5.74, 6) is 0.505. The minimum Gasteiger partial charge on any atom is -0.443 e. The number of rotatable bonds is 1. The predicted molar refractivity (Wildman–Crippen MR) is 81.9 cm³/mol. The molecule has 2 heterocycles. The first-order valence-electron chi connectivity index (χ1n) is 7.65. The fourth-order valence-corrected chi connectivity index (χ4v) is 2.98. The molecule has 0 bridgehead atoms. The summed E-state index contributed by atoms with van der Waals surface area (Å²) < 4.78 is 10.9. The molecule has 1 saturated heterocycles. The Balaban J connectivity index is 1.78. The number of fused-ring (bicyclic) bond motifs is 1. The number of hydrogen-bond donors (Lipinski definition) is 0. The van der Waals surface area contributed by atoms with E-state index in [0.717, 1.165) is 31.7 Å². The molecule has 21 heavy (non-hydrogen) atoms. The van der Waals surface area contributed by atoms with E-state index in [0.29, 0.717) is 12.5 Å². The van der Waals surface area contributed by atoms with Crippen LogP contribution >= 0.6 is 0 Å². The molecule has 2 aliphatic heterocycles. The molecular weight excluding hydrogens is 266 g/mol. The van der Waals surface area contributed by atoms with E-state index in [-0.39, 0.29) is 6.09 Å². The van der Waals surface area contributed by atoms with Gasteiger partial charge in [-0.05, 0) is 50.8 Å². The largest absolute Gasteiger partial charge is 0.443 e. The van der Waals surface area contributed by atoms with Gasteiger partial charge in [-0.15, -0.1) is 0 Å². The van der Waals surface area contributed by atoms with Crippen molar-refractivity contribution in [1.29, 1.82) is 0 Å². The van der Waals surface area contributed by atoms with Crippen molar-refractivity contribution in [3.63, 3.8) is 0 Å². The smallest absolute Gasteiger partial charge is 0.414 e. The zero-order valence-electron chi connectivity index (χ0n) is 13.0. The lowest BCUT2D eigenvalue weighted by molar-refractivity contribution is 0.0584. The van der Waals surface area contributed by atoms with Crippen LogP contribution in [-0.2, 0) is 15.9 Å². The lowest BCUT2D eigenvalue weighted by Gasteiger charge is -2.25. The SMILES string of the molecule is CC(C)(C)OC(=O)N1CCc2cc(C3CCOC3)ccc21. The minimum atomic E-state index is -0.457. The topological polar surface area (TPSA) is 38.8 Å². The minimum absolute atomic E-state index is 0.252. The summed E-state index contributed by atoms with van der Waals surface area (Å²) in [5.41, 5.74) is 3.11. The van der Waals surface area contributed by atoms with Crippen LogP contribution in [0.5, 0.6) is 0 Å². The normalized spacial score (nSPS) is 21.5. The molecule has 0 radical (unpaired) electrons. The van der Waals surface area contributed by atoms with E-state index in [1.807, 2.05) is 20.8 Å². The van der Waals surface area contributed by atoms with Gasteiger partial charge in [0.1, 0.15) is 5.60 Å². The highest BCUT2D eigenvalue weighted by atomic mass is 16.6. The monoisotopic (exact) mass is 289 g/mol. The molecule has 1 atom stereocenters. The molecule has 0 aromatic heterocycles. The van der Waals surface area contributed by atoms with Gasteiger partial charge in [0.05, 0.1) is 12.3 Å². The predicted octanol–water partition coefficient (Wildman–Crippen LogP) is 3.49. The van der Waals surface area contributed by atoms with Crippen LogP contribution in [0.15, 0.2) is 18.2 Å². The van der Waals surface area contributed by atoms with Gasteiger partial charge in [0.2, 0.25) is 0 Å². The van der Waals surface area contributed by atoms with Crippen molar-refractivity contribution < 1.29 is 14.3 Å². The average Bonchev–Trinajstić information content (AvgIpc) is 3.05. The van der Waals surface area contributed by atoms with Crippen molar-refractivity contribution in [2.24, 2.45) is 0 Å². The Morgan fingerprint density at radius 1 is 1.38 bits per heavy atom. The van der Waals surface area contributed by atoms with Crippen LogP contribution in [0.25, 0.3) is 0 Å². The number of ether oxygens (including phenoxy) is 2. The number of carbonyl (C=O) groups is 1. The molecular formula is C17H23NO3. The summed E-state index contributed by atoms with van der Waals surface area (Å²) in [6.07, 6.45) is 1.74. The van der Waals surface area contributed by atoms with Crippen LogP contribution in [0, 0.1) is 0 Å². The summed E-state index contributed by atoms with van der Waals surface area (Å²) in [6, 6.07) is 6.42. The van der Waals surface area contributed by atoms with Crippen molar-refractivity contribution >= 4 is 11.8 Å². The molecule has 2 aliphatic rings. The first-order valence-corrected chi connectivity index (χ1v) is 7.65. The maximum Gasteiger partial charge on any atom is 0.414 e. The molecule has 3 rings (SSSR count). The fourth-order valence-electron chi connectivity index (χ4n) is 2.98. The van der Waals surface area contributed by atoms with Crippen molar-refractivity contribution in [3.05, 3.63) is 29.3 Å². The average molecular weight is 289 g/mol. The third-order valence-electron chi connectivity index (χ3n) is 4.01. The van der Waals surface area contributed by atoms with Gasteiger partial charge in [-0.3, -0.25) is 4.90 Å². The number of benzene rings is 1. The van der Waals surface area contributed by atoms with E-state index in [1.165, 1.54) is 11.1 Å². The summed E-state index contributed by atoms with van der Waals surface area (Å²) in [6.45, 7) is 8.05. The second kappa shape index (κ2) is 5.34. The molecule has 1 unspecified atom stereocenters. The Hall–Kier alpha value is -1.55. The fraction of sp³-hybridized carbons (Fsp3) is 0.588. The van der Waals surface area contributed by atoms with Crippen molar-refractivity contribution in [2.45, 2.75) is 45.1 Å².